The summed E-state index contributed by atoms with van der Waals surface area (Å²) in [5.41, 5.74) is 2.77. The van der Waals surface area contributed by atoms with Gasteiger partial charge >= 0.3 is 12.0 Å². The summed E-state index contributed by atoms with van der Waals surface area (Å²) >= 11 is 0. The zero-order valence-corrected chi connectivity index (χ0v) is 11.0. The molecule has 8 heteroatoms. The van der Waals surface area contributed by atoms with E-state index in [9.17, 15) is 9.59 Å². The lowest BCUT2D eigenvalue weighted by Crippen LogP contribution is -2.60. The Morgan fingerprint density at radius 3 is 2.53 bits per heavy atom. The van der Waals surface area contributed by atoms with Gasteiger partial charge in [0.25, 0.3) is 0 Å². The summed E-state index contributed by atoms with van der Waals surface area (Å²) in [6.45, 7) is 3.97. The predicted molar refractivity (Wildman–Crippen MR) is 66.6 cm³/mol. The van der Waals surface area contributed by atoms with Gasteiger partial charge in [0.15, 0.2) is 6.04 Å². The van der Waals surface area contributed by atoms with Crippen molar-refractivity contribution in [3.05, 3.63) is 0 Å². The highest BCUT2D eigenvalue weighted by molar-refractivity contribution is 5.82. The van der Waals surface area contributed by atoms with E-state index in [4.69, 9.17) is 9.84 Å². The van der Waals surface area contributed by atoms with Crippen LogP contribution in [0.25, 0.3) is 0 Å². The van der Waals surface area contributed by atoms with Gasteiger partial charge in [-0.1, -0.05) is 0 Å². The molecule has 2 saturated heterocycles. The quantitative estimate of drug-likeness (QED) is 0.646. The fraction of sp³-hybridized carbons (Fsp3) is 0.818. The van der Waals surface area contributed by atoms with Crippen molar-refractivity contribution in [3.8, 4) is 0 Å². The van der Waals surface area contributed by atoms with Crippen LogP contribution in [0, 0.1) is 0 Å². The van der Waals surface area contributed by atoms with E-state index >= 15 is 0 Å². The Morgan fingerprint density at radius 1 is 1.21 bits per heavy atom. The Morgan fingerprint density at radius 2 is 1.89 bits per heavy atom. The molecule has 2 N–H and O–H groups in total. The van der Waals surface area contributed by atoms with Crippen molar-refractivity contribution in [3.63, 3.8) is 0 Å². The molecule has 0 aliphatic carbocycles. The van der Waals surface area contributed by atoms with E-state index in [1.807, 2.05) is 12.1 Å². The highest BCUT2D eigenvalue weighted by Gasteiger charge is 2.33. The van der Waals surface area contributed by atoms with Crippen LogP contribution in [0.2, 0.25) is 0 Å². The first-order valence-electron chi connectivity index (χ1n) is 6.39. The van der Waals surface area contributed by atoms with Crippen LogP contribution in [0.4, 0.5) is 4.79 Å². The Bertz CT molecular complexity index is 344. The fourth-order valence-electron chi connectivity index (χ4n) is 2.17. The Labute approximate surface area is 111 Å². The monoisotopic (exact) mass is 272 g/mol. The van der Waals surface area contributed by atoms with Gasteiger partial charge < -0.3 is 19.6 Å². The highest BCUT2D eigenvalue weighted by Crippen LogP contribution is 2.08. The maximum Gasteiger partial charge on any atom is 0.332 e. The first-order valence-corrected chi connectivity index (χ1v) is 6.39. The Balaban J connectivity index is 1.89. The summed E-state index contributed by atoms with van der Waals surface area (Å²) < 4.78 is 5.11. The highest BCUT2D eigenvalue weighted by atomic mass is 16.5. The lowest BCUT2D eigenvalue weighted by molar-refractivity contribution is -0.147. The van der Waals surface area contributed by atoms with Crippen molar-refractivity contribution in [2.75, 3.05) is 53.0 Å². The van der Waals surface area contributed by atoms with Gasteiger partial charge in [-0.3, -0.25) is 5.43 Å². The molecule has 2 aliphatic heterocycles. The summed E-state index contributed by atoms with van der Waals surface area (Å²) in [4.78, 5) is 26.7. The average Bonchev–Trinajstić information content (AvgIpc) is 2.41. The number of aliphatic carboxylic acids is 1. The summed E-state index contributed by atoms with van der Waals surface area (Å²) in [6, 6.07) is -1.26. The van der Waals surface area contributed by atoms with Gasteiger partial charge in [-0.25, -0.2) is 14.6 Å². The van der Waals surface area contributed by atoms with Crippen molar-refractivity contribution in [1.29, 1.82) is 0 Å². The molecule has 0 radical (unpaired) electrons. The van der Waals surface area contributed by atoms with Gasteiger partial charge in [-0.15, -0.1) is 0 Å². The molecule has 19 heavy (non-hydrogen) atoms. The van der Waals surface area contributed by atoms with Crippen LogP contribution in [0.3, 0.4) is 0 Å². The summed E-state index contributed by atoms with van der Waals surface area (Å²) in [5.74, 6) is -1.03. The number of carbonyl (C=O) groups is 2. The van der Waals surface area contributed by atoms with E-state index in [-0.39, 0.29) is 12.6 Å². The van der Waals surface area contributed by atoms with Crippen LogP contribution >= 0.6 is 0 Å². The zero-order valence-electron chi connectivity index (χ0n) is 11.0. The normalized spacial score (nSPS) is 26.2. The van der Waals surface area contributed by atoms with Crippen LogP contribution in [0.1, 0.15) is 0 Å². The zero-order chi connectivity index (χ0) is 13.8. The van der Waals surface area contributed by atoms with Crippen LogP contribution in [-0.4, -0.2) is 90.9 Å². The lowest BCUT2D eigenvalue weighted by Gasteiger charge is -2.37. The average molecular weight is 272 g/mol. The number of nitrogens with one attached hydrogen (secondary N) is 1. The number of carboxylic acid groups (broad SMARTS) is 1. The number of rotatable bonds is 2. The number of nitrogens with zero attached hydrogens (tertiary/aromatic N) is 3. The number of morpholine rings is 1. The van der Waals surface area contributed by atoms with Crippen molar-refractivity contribution in [2.24, 2.45) is 0 Å². The number of urea groups is 1. The van der Waals surface area contributed by atoms with Gasteiger partial charge in [0.05, 0.1) is 13.2 Å². The minimum atomic E-state index is -1.03. The second-order valence-corrected chi connectivity index (χ2v) is 4.83. The van der Waals surface area contributed by atoms with Crippen molar-refractivity contribution >= 4 is 12.0 Å². The molecular formula is C11H20N4O4. The SMILES string of the molecule is CN1CCN(NC(=O)N2CCOCC2C(=O)O)CC1. The molecule has 0 spiro atoms. The van der Waals surface area contributed by atoms with E-state index in [0.29, 0.717) is 13.2 Å². The maximum absolute atomic E-state index is 12.1. The van der Waals surface area contributed by atoms with E-state index in [2.05, 4.69) is 10.3 Å². The number of hydrazine groups is 1. The van der Waals surface area contributed by atoms with Gasteiger partial charge in [-0.05, 0) is 7.05 Å². The second kappa shape index (κ2) is 6.18. The van der Waals surface area contributed by atoms with Gasteiger partial charge in [0, 0.05) is 32.7 Å². The maximum atomic E-state index is 12.1. The third-order valence-corrected chi connectivity index (χ3v) is 3.43. The molecular weight excluding hydrogens is 252 g/mol. The molecule has 0 saturated carbocycles. The molecule has 1 unspecified atom stereocenters. The van der Waals surface area contributed by atoms with E-state index in [1.165, 1.54) is 4.90 Å². The standard InChI is InChI=1S/C11H20N4O4/c1-13-2-4-14(5-3-13)12-11(18)15-6-7-19-8-9(15)10(16)17/h9H,2-8H2,1H3,(H,12,18)(H,16,17). The second-order valence-electron chi connectivity index (χ2n) is 4.83. The summed E-state index contributed by atoms with van der Waals surface area (Å²) in [6.07, 6.45) is 0. The van der Waals surface area contributed by atoms with Crippen molar-refractivity contribution in [1.82, 2.24) is 20.2 Å². The molecule has 1 atom stereocenters. The fourth-order valence-corrected chi connectivity index (χ4v) is 2.17. The number of hydrogen-bond donors (Lipinski definition) is 2. The minimum absolute atomic E-state index is 0.0471. The van der Waals surface area contributed by atoms with Crippen LogP contribution < -0.4 is 5.43 Å². The molecule has 2 rings (SSSR count). The molecule has 0 aromatic rings. The predicted octanol–water partition coefficient (Wildman–Crippen LogP) is -1.36. The van der Waals surface area contributed by atoms with E-state index < -0.39 is 12.0 Å². The number of hydrogen-bond acceptors (Lipinski definition) is 5. The topological polar surface area (TPSA) is 85.4 Å². The third-order valence-electron chi connectivity index (χ3n) is 3.43. The van der Waals surface area contributed by atoms with Crippen LogP contribution in [-0.2, 0) is 9.53 Å². The molecule has 2 heterocycles. The molecule has 108 valence electrons. The smallest absolute Gasteiger partial charge is 0.332 e. The lowest BCUT2D eigenvalue weighted by atomic mass is 10.2. The molecule has 2 aliphatic rings. The van der Waals surface area contributed by atoms with Crippen LogP contribution in [0.15, 0.2) is 0 Å². The minimum Gasteiger partial charge on any atom is -0.480 e. The van der Waals surface area contributed by atoms with Gasteiger partial charge in [0.2, 0.25) is 0 Å². The van der Waals surface area contributed by atoms with Gasteiger partial charge in [0.1, 0.15) is 0 Å². The largest absolute Gasteiger partial charge is 0.480 e. The summed E-state index contributed by atoms with van der Waals surface area (Å²) in [7, 11) is 2.03. The van der Waals surface area contributed by atoms with Gasteiger partial charge in [-0.2, -0.15) is 0 Å². The number of amides is 2. The van der Waals surface area contributed by atoms with E-state index in [1.54, 1.807) is 0 Å². The molecule has 0 bridgehead atoms. The number of likely N-dealkylation sites (N-methyl/N-ethyl adjacent to an activating group) is 1. The van der Waals surface area contributed by atoms with Crippen molar-refractivity contribution in [2.45, 2.75) is 6.04 Å². The number of carboxylic acids is 1. The van der Waals surface area contributed by atoms with Crippen LogP contribution in [0.5, 0.6) is 0 Å². The third kappa shape index (κ3) is 3.55. The Hall–Kier alpha value is -1.38. The first kappa shape index (κ1) is 14.0. The Kier molecular flexibility index (Phi) is 4.56. The molecule has 0 aromatic carbocycles. The molecule has 2 fully saturated rings. The first-order chi connectivity index (χ1) is 9.08. The number of piperazine rings is 1. The molecule has 8 nitrogen and oxygen atoms in total. The number of ether oxygens (including phenoxy) is 1. The van der Waals surface area contributed by atoms with Crippen molar-refractivity contribution < 1.29 is 19.4 Å². The number of carbonyl (C=O) groups excluding carboxylic acids is 1. The molecule has 0 aromatic heterocycles. The van der Waals surface area contributed by atoms with E-state index in [0.717, 1.165) is 26.2 Å². The summed E-state index contributed by atoms with van der Waals surface area (Å²) in [5, 5.41) is 10.9. The molecule has 2 amide bonds.